The van der Waals surface area contributed by atoms with Crippen molar-refractivity contribution < 1.29 is 24.0 Å². The maximum atomic E-state index is 12.5. The highest BCUT2D eigenvalue weighted by Crippen LogP contribution is 2.31. The summed E-state index contributed by atoms with van der Waals surface area (Å²) in [6.07, 6.45) is 0. The van der Waals surface area contributed by atoms with Gasteiger partial charge in [-0.3, -0.25) is 10.1 Å². The molecular weight excluding hydrogens is 330 g/mol. The lowest BCUT2D eigenvalue weighted by Crippen LogP contribution is -2.46. The van der Waals surface area contributed by atoms with Crippen LogP contribution in [-0.4, -0.2) is 49.2 Å². The van der Waals surface area contributed by atoms with Gasteiger partial charge in [-0.1, -0.05) is 0 Å². The fourth-order valence-corrected chi connectivity index (χ4v) is 2.43. The van der Waals surface area contributed by atoms with Gasteiger partial charge in [-0.05, 0) is 24.6 Å². The molecule has 25 heavy (non-hydrogen) atoms. The van der Waals surface area contributed by atoms with Crippen LogP contribution in [-0.2, 0) is 14.3 Å². The molecule has 0 unspecified atom stereocenters. The van der Waals surface area contributed by atoms with E-state index in [1.165, 1.54) is 36.3 Å². The number of nitrogens with one attached hydrogen (secondary N) is 1. The lowest BCUT2D eigenvalue weighted by Gasteiger charge is -2.33. The van der Waals surface area contributed by atoms with E-state index in [0.29, 0.717) is 11.3 Å². The lowest BCUT2D eigenvalue weighted by molar-refractivity contribution is -0.384. The number of allylic oxidation sites excluding steroid dienone is 1. The Morgan fingerprint density at radius 3 is 2.52 bits per heavy atom. The Hall–Kier alpha value is -2.94. The number of non-ortho nitro benzene ring substituents is 1. The Morgan fingerprint density at radius 1 is 1.32 bits per heavy atom. The molecule has 9 nitrogen and oxygen atoms in total. The van der Waals surface area contributed by atoms with E-state index in [-0.39, 0.29) is 30.5 Å². The number of urea groups is 1. The number of hydrogen-bond donors (Lipinski definition) is 1. The van der Waals surface area contributed by atoms with Crippen LogP contribution in [0.25, 0.3) is 0 Å². The molecule has 1 N–H and O–H groups in total. The van der Waals surface area contributed by atoms with Crippen molar-refractivity contribution in [1.29, 1.82) is 0 Å². The van der Waals surface area contributed by atoms with E-state index in [4.69, 9.17) is 9.47 Å². The molecular formula is C16H19N3O6. The van der Waals surface area contributed by atoms with Crippen LogP contribution in [0, 0.1) is 10.1 Å². The zero-order valence-electron chi connectivity index (χ0n) is 14.1. The number of amides is 2. The van der Waals surface area contributed by atoms with Gasteiger partial charge in [0.05, 0.1) is 23.1 Å². The number of hydrogen-bond acceptors (Lipinski definition) is 6. The minimum Gasteiger partial charge on any atom is -0.460 e. The molecule has 0 bridgehead atoms. The molecule has 1 aliphatic rings. The molecule has 0 aromatic heterocycles. The Balaban J connectivity index is 2.37. The zero-order valence-corrected chi connectivity index (χ0v) is 14.1. The van der Waals surface area contributed by atoms with E-state index in [0.717, 1.165) is 0 Å². The molecule has 9 heteroatoms. The third-order valence-corrected chi connectivity index (χ3v) is 3.93. The number of carbonyl (C=O) groups excluding carboxylic acids is 2. The van der Waals surface area contributed by atoms with Crippen LogP contribution in [0.1, 0.15) is 18.5 Å². The topological polar surface area (TPSA) is 111 Å². The second kappa shape index (κ2) is 7.75. The third kappa shape index (κ3) is 3.94. The van der Waals surface area contributed by atoms with Crippen LogP contribution in [0.5, 0.6) is 0 Å². The van der Waals surface area contributed by atoms with Gasteiger partial charge >= 0.3 is 12.0 Å². The van der Waals surface area contributed by atoms with E-state index in [9.17, 15) is 19.7 Å². The molecule has 0 saturated carbocycles. The van der Waals surface area contributed by atoms with Gasteiger partial charge in [-0.25, -0.2) is 9.59 Å². The predicted molar refractivity (Wildman–Crippen MR) is 87.7 cm³/mol. The van der Waals surface area contributed by atoms with Crippen molar-refractivity contribution in [2.24, 2.45) is 0 Å². The molecule has 0 saturated heterocycles. The molecule has 2 amide bonds. The van der Waals surface area contributed by atoms with Crippen LogP contribution in [0.4, 0.5) is 10.5 Å². The Labute approximate surface area is 144 Å². The Bertz CT molecular complexity index is 713. The number of nitro groups is 1. The van der Waals surface area contributed by atoms with Crippen molar-refractivity contribution in [2.45, 2.75) is 13.0 Å². The first-order valence-corrected chi connectivity index (χ1v) is 7.52. The normalized spacial score (nSPS) is 17.3. The summed E-state index contributed by atoms with van der Waals surface area (Å²) in [7, 11) is 3.03. The van der Waals surface area contributed by atoms with E-state index in [1.807, 2.05) is 0 Å². The summed E-state index contributed by atoms with van der Waals surface area (Å²) < 4.78 is 10.0. The van der Waals surface area contributed by atoms with Gasteiger partial charge in [0.1, 0.15) is 6.61 Å². The summed E-state index contributed by atoms with van der Waals surface area (Å²) in [5.74, 6) is -0.579. The SMILES string of the molecule is COCCOC(=O)C1=C(C)N(C)C(=O)N[C@H]1c1ccc([N+](=O)[O-])cc1. The standard InChI is InChI=1S/C16H19N3O6/c1-10-13(15(20)25-9-8-24-3)14(17-16(21)18(10)2)11-4-6-12(7-5-11)19(22)23/h4-7,14H,8-9H2,1-3H3,(H,17,21)/t14-/m0/s1. The van der Waals surface area contributed by atoms with Gasteiger partial charge in [-0.15, -0.1) is 0 Å². The molecule has 0 spiro atoms. The monoisotopic (exact) mass is 349 g/mol. The van der Waals surface area contributed by atoms with Crippen molar-refractivity contribution in [3.05, 3.63) is 51.2 Å². The number of carbonyl (C=O) groups is 2. The summed E-state index contributed by atoms with van der Waals surface area (Å²) in [4.78, 5) is 36.2. The summed E-state index contributed by atoms with van der Waals surface area (Å²) in [6.45, 7) is 1.98. The number of nitro benzene ring substituents is 1. The molecule has 134 valence electrons. The van der Waals surface area contributed by atoms with Gasteiger partial charge < -0.3 is 19.7 Å². The molecule has 1 atom stereocenters. The highest BCUT2D eigenvalue weighted by molar-refractivity contribution is 5.95. The predicted octanol–water partition coefficient (Wildman–Crippen LogP) is 1.75. The summed E-state index contributed by atoms with van der Waals surface area (Å²) >= 11 is 0. The average Bonchev–Trinajstić information content (AvgIpc) is 2.59. The Morgan fingerprint density at radius 2 is 1.96 bits per heavy atom. The lowest BCUT2D eigenvalue weighted by atomic mass is 9.95. The van der Waals surface area contributed by atoms with Crippen LogP contribution in [0.3, 0.4) is 0 Å². The number of methoxy groups -OCH3 is 1. The van der Waals surface area contributed by atoms with Crippen LogP contribution < -0.4 is 5.32 Å². The number of esters is 1. The van der Waals surface area contributed by atoms with E-state index >= 15 is 0 Å². The number of benzene rings is 1. The van der Waals surface area contributed by atoms with Crippen molar-refractivity contribution in [3.8, 4) is 0 Å². The average molecular weight is 349 g/mol. The molecule has 1 heterocycles. The van der Waals surface area contributed by atoms with E-state index < -0.39 is 16.9 Å². The van der Waals surface area contributed by atoms with Crippen molar-refractivity contribution >= 4 is 17.7 Å². The van der Waals surface area contributed by atoms with Crippen LogP contribution in [0.15, 0.2) is 35.5 Å². The van der Waals surface area contributed by atoms with Crippen LogP contribution >= 0.6 is 0 Å². The Kier molecular flexibility index (Phi) is 5.71. The summed E-state index contributed by atoms with van der Waals surface area (Å²) in [5.41, 5.74) is 1.19. The van der Waals surface area contributed by atoms with Gasteiger partial charge in [0.15, 0.2) is 0 Å². The third-order valence-electron chi connectivity index (χ3n) is 3.93. The minimum absolute atomic E-state index is 0.0760. The van der Waals surface area contributed by atoms with Gasteiger partial charge in [-0.2, -0.15) is 0 Å². The van der Waals surface area contributed by atoms with Crippen molar-refractivity contribution in [2.75, 3.05) is 27.4 Å². The second-order valence-corrected chi connectivity index (χ2v) is 5.42. The smallest absolute Gasteiger partial charge is 0.338 e. The molecule has 1 aliphatic heterocycles. The van der Waals surface area contributed by atoms with Gasteiger partial charge in [0, 0.05) is 32.0 Å². The number of nitrogens with zero attached hydrogens (tertiary/aromatic N) is 2. The van der Waals surface area contributed by atoms with E-state index in [2.05, 4.69) is 5.32 Å². The molecule has 0 radical (unpaired) electrons. The largest absolute Gasteiger partial charge is 0.460 e. The maximum absolute atomic E-state index is 12.5. The minimum atomic E-state index is -0.750. The fraction of sp³-hybridized carbons (Fsp3) is 0.375. The molecule has 2 rings (SSSR count). The van der Waals surface area contributed by atoms with Crippen molar-refractivity contribution in [1.82, 2.24) is 10.2 Å². The van der Waals surface area contributed by atoms with E-state index in [1.54, 1.807) is 14.0 Å². The second-order valence-electron chi connectivity index (χ2n) is 5.42. The first kappa shape index (κ1) is 18.4. The molecule has 0 fully saturated rings. The highest BCUT2D eigenvalue weighted by Gasteiger charge is 2.35. The fourth-order valence-electron chi connectivity index (χ4n) is 2.43. The number of ether oxygens (including phenoxy) is 2. The van der Waals surface area contributed by atoms with Crippen LogP contribution in [0.2, 0.25) is 0 Å². The first-order chi connectivity index (χ1) is 11.9. The maximum Gasteiger partial charge on any atom is 0.338 e. The zero-order chi connectivity index (χ0) is 18.6. The summed E-state index contributed by atoms with van der Waals surface area (Å²) in [6, 6.07) is 4.52. The van der Waals surface area contributed by atoms with Crippen molar-refractivity contribution in [3.63, 3.8) is 0 Å². The highest BCUT2D eigenvalue weighted by atomic mass is 16.6. The van der Waals surface area contributed by atoms with Gasteiger partial charge in [0.2, 0.25) is 0 Å². The molecule has 1 aromatic carbocycles. The summed E-state index contributed by atoms with van der Waals surface area (Å²) in [5, 5.41) is 13.5. The van der Waals surface area contributed by atoms with Gasteiger partial charge in [0.25, 0.3) is 5.69 Å². The molecule has 1 aromatic rings. The molecule has 0 aliphatic carbocycles. The quantitative estimate of drug-likeness (QED) is 0.362. The number of rotatable bonds is 6. The first-order valence-electron chi connectivity index (χ1n) is 7.52.